The number of rotatable bonds is 3. The van der Waals surface area contributed by atoms with Crippen LogP contribution in [0.4, 0.5) is 0 Å². The molecule has 0 aliphatic heterocycles. The number of esters is 1. The third kappa shape index (κ3) is 2.62. The van der Waals surface area contributed by atoms with Crippen molar-refractivity contribution in [3.05, 3.63) is 44.7 Å². The Morgan fingerprint density at radius 2 is 2.15 bits per heavy atom. The van der Waals surface area contributed by atoms with E-state index in [1.807, 2.05) is 31.2 Å². The van der Waals surface area contributed by atoms with E-state index < -0.39 is 5.97 Å². The Morgan fingerprint density at radius 1 is 1.45 bits per heavy atom. The fourth-order valence-corrected chi connectivity index (χ4v) is 3.75. The zero-order valence-electron chi connectivity index (χ0n) is 11.1. The maximum Gasteiger partial charge on any atom is 0.341 e. The van der Waals surface area contributed by atoms with Crippen molar-refractivity contribution in [2.24, 2.45) is 0 Å². The second-order valence-corrected chi connectivity index (χ2v) is 6.44. The van der Waals surface area contributed by atoms with Crippen LogP contribution in [-0.4, -0.2) is 12.6 Å². The zero-order chi connectivity index (χ0) is 14.7. The van der Waals surface area contributed by atoms with Gasteiger partial charge in [0.15, 0.2) is 0 Å². The molecular weight excluding hydrogens is 338 g/mol. The fourth-order valence-electron chi connectivity index (χ4n) is 1.92. The third-order valence-corrected chi connectivity index (χ3v) is 4.74. The molecule has 5 heteroatoms. The number of halogens is 1. The Bertz CT molecular complexity index is 700. The van der Waals surface area contributed by atoms with Gasteiger partial charge in [-0.1, -0.05) is 24.3 Å². The summed E-state index contributed by atoms with van der Waals surface area (Å²) in [6.07, 6.45) is 0. The third-order valence-electron chi connectivity index (χ3n) is 2.85. The lowest BCUT2D eigenvalue weighted by atomic mass is 10.0. The first-order valence-corrected chi connectivity index (χ1v) is 7.66. The number of hydrogen-bond acceptors (Lipinski definition) is 4. The van der Waals surface area contributed by atoms with E-state index in [1.165, 1.54) is 11.3 Å². The van der Waals surface area contributed by atoms with E-state index >= 15 is 0 Å². The Hall–Kier alpha value is -1.64. The Labute approximate surface area is 129 Å². The summed E-state index contributed by atoms with van der Waals surface area (Å²) in [6.45, 7) is 4.01. The Kier molecular flexibility index (Phi) is 4.58. The van der Waals surface area contributed by atoms with Gasteiger partial charge in [-0.25, -0.2) is 4.79 Å². The van der Waals surface area contributed by atoms with Gasteiger partial charge in [0.2, 0.25) is 0 Å². The standard InChI is InChI=1S/C15H12BrNO2S/c1-3-19-15(18)12-11(8-17)14(16)20-13(12)10-7-5-4-6-9(10)2/h4-7H,3H2,1-2H3. The molecule has 3 nitrogen and oxygen atoms in total. The van der Waals surface area contributed by atoms with Crippen LogP contribution >= 0.6 is 27.3 Å². The van der Waals surface area contributed by atoms with Crippen LogP contribution in [0.3, 0.4) is 0 Å². The molecule has 1 aromatic heterocycles. The van der Waals surface area contributed by atoms with Crippen LogP contribution in [0.5, 0.6) is 0 Å². The normalized spacial score (nSPS) is 10.1. The van der Waals surface area contributed by atoms with E-state index in [-0.39, 0.29) is 6.61 Å². The predicted octanol–water partition coefficient (Wildman–Crippen LogP) is 4.53. The summed E-state index contributed by atoms with van der Waals surface area (Å²) >= 11 is 4.74. The van der Waals surface area contributed by atoms with Gasteiger partial charge in [0.05, 0.1) is 26.4 Å². The topological polar surface area (TPSA) is 50.1 Å². The van der Waals surface area contributed by atoms with Crippen LogP contribution in [-0.2, 0) is 4.74 Å². The van der Waals surface area contributed by atoms with Crippen molar-refractivity contribution in [3.8, 4) is 16.5 Å². The van der Waals surface area contributed by atoms with Crippen molar-refractivity contribution >= 4 is 33.2 Å². The molecule has 0 saturated heterocycles. The van der Waals surface area contributed by atoms with Crippen molar-refractivity contribution in [1.29, 1.82) is 5.26 Å². The van der Waals surface area contributed by atoms with Crippen LogP contribution < -0.4 is 0 Å². The highest BCUT2D eigenvalue weighted by Gasteiger charge is 2.25. The number of carbonyl (C=O) groups excluding carboxylic acids is 1. The van der Waals surface area contributed by atoms with Gasteiger partial charge >= 0.3 is 5.97 Å². The highest BCUT2D eigenvalue weighted by atomic mass is 79.9. The van der Waals surface area contributed by atoms with Crippen molar-refractivity contribution in [2.75, 3.05) is 6.61 Å². The quantitative estimate of drug-likeness (QED) is 0.764. The molecule has 0 saturated carbocycles. The molecule has 102 valence electrons. The minimum Gasteiger partial charge on any atom is -0.462 e. The summed E-state index contributed by atoms with van der Waals surface area (Å²) in [7, 11) is 0. The van der Waals surface area contributed by atoms with E-state index in [2.05, 4.69) is 22.0 Å². The first-order chi connectivity index (χ1) is 9.60. The number of thiophene rings is 1. The van der Waals surface area contributed by atoms with Crippen LogP contribution in [0.25, 0.3) is 10.4 Å². The largest absolute Gasteiger partial charge is 0.462 e. The summed E-state index contributed by atoms with van der Waals surface area (Å²) in [5.41, 5.74) is 2.69. The molecule has 0 fully saturated rings. The molecule has 20 heavy (non-hydrogen) atoms. The number of aryl methyl sites for hydroxylation is 1. The van der Waals surface area contributed by atoms with Crippen LogP contribution in [0, 0.1) is 18.3 Å². The van der Waals surface area contributed by atoms with Gasteiger partial charge in [0, 0.05) is 0 Å². The summed E-state index contributed by atoms with van der Waals surface area (Å²) < 4.78 is 5.74. The van der Waals surface area contributed by atoms with Crippen molar-refractivity contribution in [2.45, 2.75) is 13.8 Å². The molecule has 2 aromatic rings. The maximum absolute atomic E-state index is 12.2. The first kappa shape index (κ1) is 14.8. The van der Waals surface area contributed by atoms with Crippen LogP contribution in [0.15, 0.2) is 28.1 Å². The van der Waals surface area contributed by atoms with Gasteiger partial charge in [-0.2, -0.15) is 5.26 Å². The van der Waals surface area contributed by atoms with Crippen LogP contribution in [0.2, 0.25) is 0 Å². The van der Waals surface area contributed by atoms with Crippen molar-refractivity contribution in [1.82, 2.24) is 0 Å². The second kappa shape index (κ2) is 6.21. The predicted molar refractivity (Wildman–Crippen MR) is 82.9 cm³/mol. The number of ether oxygens (including phenoxy) is 1. The average molecular weight is 350 g/mol. The molecular formula is C15H12BrNO2S. The number of nitriles is 1. The van der Waals surface area contributed by atoms with Crippen LogP contribution in [0.1, 0.15) is 28.4 Å². The molecule has 0 unspecified atom stereocenters. The molecule has 0 N–H and O–H groups in total. The van der Waals surface area contributed by atoms with Gasteiger partial charge in [0.1, 0.15) is 6.07 Å². The molecule has 0 atom stereocenters. The Balaban J connectivity index is 2.69. The molecule has 0 aliphatic rings. The summed E-state index contributed by atoms with van der Waals surface area (Å²) in [5, 5.41) is 9.26. The molecule has 0 bridgehead atoms. The number of benzene rings is 1. The van der Waals surface area contributed by atoms with E-state index in [0.717, 1.165) is 16.0 Å². The maximum atomic E-state index is 12.2. The minimum absolute atomic E-state index is 0.282. The Morgan fingerprint density at radius 3 is 2.75 bits per heavy atom. The van der Waals surface area contributed by atoms with Crippen molar-refractivity contribution < 1.29 is 9.53 Å². The van der Waals surface area contributed by atoms with E-state index in [4.69, 9.17) is 4.74 Å². The first-order valence-electron chi connectivity index (χ1n) is 6.05. The van der Waals surface area contributed by atoms with Gasteiger partial charge in [-0.3, -0.25) is 0 Å². The van der Waals surface area contributed by atoms with Gasteiger partial charge in [-0.15, -0.1) is 11.3 Å². The smallest absolute Gasteiger partial charge is 0.341 e. The van der Waals surface area contributed by atoms with Crippen molar-refractivity contribution in [3.63, 3.8) is 0 Å². The number of carbonyl (C=O) groups is 1. The molecule has 0 amide bonds. The summed E-state index contributed by atoms with van der Waals surface area (Å²) in [6, 6.07) is 9.85. The number of hydrogen-bond donors (Lipinski definition) is 0. The summed E-state index contributed by atoms with van der Waals surface area (Å²) in [5.74, 6) is -0.454. The van der Waals surface area contributed by atoms with E-state index in [1.54, 1.807) is 6.92 Å². The van der Waals surface area contributed by atoms with E-state index in [0.29, 0.717) is 14.9 Å². The highest BCUT2D eigenvalue weighted by Crippen LogP contribution is 2.41. The number of nitrogens with zero attached hydrogens (tertiary/aromatic N) is 1. The SMILES string of the molecule is CCOC(=O)c1c(-c2ccccc2C)sc(Br)c1C#N. The minimum atomic E-state index is -0.454. The molecule has 0 aliphatic carbocycles. The highest BCUT2D eigenvalue weighted by molar-refractivity contribution is 9.11. The second-order valence-electron chi connectivity index (χ2n) is 4.10. The fraction of sp³-hybridized carbons (Fsp3) is 0.200. The van der Waals surface area contributed by atoms with Gasteiger partial charge < -0.3 is 4.74 Å². The lowest BCUT2D eigenvalue weighted by Crippen LogP contribution is -2.06. The summed E-state index contributed by atoms with van der Waals surface area (Å²) in [4.78, 5) is 12.9. The average Bonchev–Trinajstić information content (AvgIpc) is 2.76. The molecule has 1 aromatic carbocycles. The molecule has 0 radical (unpaired) electrons. The lowest BCUT2D eigenvalue weighted by Gasteiger charge is -2.07. The lowest BCUT2D eigenvalue weighted by molar-refractivity contribution is 0.0527. The zero-order valence-corrected chi connectivity index (χ0v) is 13.5. The van der Waals surface area contributed by atoms with Gasteiger partial charge in [-0.05, 0) is 40.9 Å². The molecule has 2 rings (SSSR count). The molecule has 1 heterocycles. The monoisotopic (exact) mass is 349 g/mol. The van der Waals surface area contributed by atoms with E-state index in [9.17, 15) is 10.1 Å². The molecule has 0 spiro atoms. The van der Waals surface area contributed by atoms with Gasteiger partial charge in [0.25, 0.3) is 0 Å².